The predicted octanol–water partition coefficient (Wildman–Crippen LogP) is 2.57. The third kappa shape index (κ3) is 4.21. The standard InChI is InChI=1S/C19H21N5O4S2/c1-11(2)24-10-20-23-18(24)19-22-17-13-8-12(21-16(25)9-30(3,26)27)4-5-14(13)28-7-6-15(17)29-19/h4-5,8,10-11H,6-7,9H2,1-3H3,(H,21,25). The van der Waals surface area contributed by atoms with E-state index in [1.165, 1.54) is 0 Å². The molecule has 1 aliphatic heterocycles. The summed E-state index contributed by atoms with van der Waals surface area (Å²) in [6.45, 7) is 4.62. The van der Waals surface area contributed by atoms with Crippen molar-refractivity contribution in [2.75, 3.05) is 23.9 Å². The number of hydrogen-bond donors (Lipinski definition) is 1. The number of anilines is 1. The highest BCUT2D eigenvalue weighted by Gasteiger charge is 2.24. The lowest BCUT2D eigenvalue weighted by molar-refractivity contribution is -0.113. The molecular weight excluding hydrogens is 426 g/mol. The van der Waals surface area contributed by atoms with Crippen molar-refractivity contribution >= 4 is 32.8 Å². The molecule has 0 bridgehead atoms. The fourth-order valence-corrected chi connectivity index (χ4v) is 4.80. The van der Waals surface area contributed by atoms with E-state index in [0.29, 0.717) is 30.3 Å². The average molecular weight is 448 g/mol. The maximum Gasteiger partial charge on any atom is 0.239 e. The van der Waals surface area contributed by atoms with E-state index in [4.69, 9.17) is 9.72 Å². The Kier molecular flexibility index (Phi) is 5.33. The number of nitrogens with zero attached hydrogens (tertiary/aromatic N) is 4. The van der Waals surface area contributed by atoms with Gasteiger partial charge in [0.2, 0.25) is 5.91 Å². The van der Waals surface area contributed by atoms with Gasteiger partial charge < -0.3 is 14.6 Å². The second-order valence-electron chi connectivity index (χ2n) is 7.37. The number of carbonyl (C=O) groups excluding carboxylic acids is 1. The van der Waals surface area contributed by atoms with E-state index in [1.54, 1.807) is 35.9 Å². The Morgan fingerprint density at radius 1 is 1.37 bits per heavy atom. The molecule has 30 heavy (non-hydrogen) atoms. The second kappa shape index (κ2) is 7.80. The van der Waals surface area contributed by atoms with Crippen molar-refractivity contribution in [2.24, 2.45) is 0 Å². The van der Waals surface area contributed by atoms with Crippen molar-refractivity contribution in [3.8, 4) is 27.8 Å². The van der Waals surface area contributed by atoms with Gasteiger partial charge in [0.25, 0.3) is 0 Å². The summed E-state index contributed by atoms with van der Waals surface area (Å²) in [5, 5.41) is 11.7. The summed E-state index contributed by atoms with van der Waals surface area (Å²) in [7, 11) is -3.41. The quantitative estimate of drug-likeness (QED) is 0.639. The Hall–Kier alpha value is -2.79. The number of hydrogen-bond acceptors (Lipinski definition) is 8. The highest BCUT2D eigenvalue weighted by Crippen LogP contribution is 2.41. The molecule has 1 aromatic carbocycles. The first-order valence-electron chi connectivity index (χ1n) is 9.35. The van der Waals surface area contributed by atoms with Crippen LogP contribution in [0.4, 0.5) is 5.69 Å². The molecule has 158 valence electrons. The third-order valence-electron chi connectivity index (χ3n) is 4.52. The minimum atomic E-state index is -3.41. The first-order valence-corrected chi connectivity index (χ1v) is 12.2. The first kappa shape index (κ1) is 20.5. The molecule has 11 heteroatoms. The second-order valence-corrected chi connectivity index (χ2v) is 10.6. The smallest absolute Gasteiger partial charge is 0.239 e. The van der Waals surface area contributed by atoms with Crippen molar-refractivity contribution in [3.05, 3.63) is 29.4 Å². The Bertz CT molecular complexity index is 1210. The third-order valence-corrected chi connectivity index (χ3v) is 6.41. The number of benzene rings is 1. The summed E-state index contributed by atoms with van der Waals surface area (Å²) < 4.78 is 30.5. The van der Waals surface area contributed by atoms with Gasteiger partial charge in [0.15, 0.2) is 20.7 Å². The minimum absolute atomic E-state index is 0.200. The number of aromatic nitrogens is 4. The molecule has 3 heterocycles. The topological polar surface area (TPSA) is 116 Å². The first-order chi connectivity index (χ1) is 14.2. The van der Waals surface area contributed by atoms with E-state index in [-0.39, 0.29) is 6.04 Å². The zero-order chi connectivity index (χ0) is 21.5. The molecule has 2 aromatic heterocycles. The van der Waals surface area contributed by atoms with E-state index >= 15 is 0 Å². The van der Waals surface area contributed by atoms with E-state index < -0.39 is 21.5 Å². The van der Waals surface area contributed by atoms with Gasteiger partial charge in [0, 0.05) is 34.8 Å². The predicted molar refractivity (Wildman–Crippen MR) is 114 cm³/mol. The highest BCUT2D eigenvalue weighted by molar-refractivity contribution is 7.91. The number of sulfone groups is 1. The summed E-state index contributed by atoms with van der Waals surface area (Å²) >= 11 is 1.55. The molecule has 0 saturated carbocycles. The van der Waals surface area contributed by atoms with Gasteiger partial charge in [0.05, 0.1) is 12.3 Å². The van der Waals surface area contributed by atoms with Crippen LogP contribution in [-0.4, -0.2) is 52.7 Å². The van der Waals surface area contributed by atoms with E-state index in [0.717, 1.165) is 27.4 Å². The molecule has 0 radical (unpaired) electrons. The minimum Gasteiger partial charge on any atom is -0.493 e. The number of thiazole rings is 1. The number of carbonyl (C=O) groups is 1. The molecule has 9 nitrogen and oxygen atoms in total. The molecule has 0 saturated heterocycles. The van der Waals surface area contributed by atoms with Gasteiger partial charge in [-0.05, 0) is 32.0 Å². The molecule has 0 fully saturated rings. The van der Waals surface area contributed by atoms with Crippen LogP contribution in [0, 0.1) is 0 Å². The zero-order valence-electron chi connectivity index (χ0n) is 16.7. The van der Waals surface area contributed by atoms with E-state index in [1.807, 2.05) is 4.57 Å². The molecule has 0 unspecified atom stereocenters. The summed E-state index contributed by atoms with van der Waals surface area (Å²) in [6.07, 6.45) is 3.42. The van der Waals surface area contributed by atoms with Crippen LogP contribution in [0.5, 0.6) is 5.75 Å². The number of ether oxygens (including phenoxy) is 1. The fourth-order valence-electron chi connectivity index (χ4n) is 3.21. The van der Waals surface area contributed by atoms with Gasteiger partial charge in [-0.2, -0.15) is 0 Å². The monoisotopic (exact) mass is 447 g/mol. The average Bonchev–Trinajstić information content (AvgIpc) is 3.25. The molecule has 1 N–H and O–H groups in total. The van der Waals surface area contributed by atoms with Crippen LogP contribution < -0.4 is 10.1 Å². The van der Waals surface area contributed by atoms with Crippen molar-refractivity contribution in [2.45, 2.75) is 26.3 Å². The van der Waals surface area contributed by atoms with Crippen molar-refractivity contribution in [1.29, 1.82) is 0 Å². The van der Waals surface area contributed by atoms with Crippen LogP contribution in [-0.2, 0) is 21.1 Å². The zero-order valence-corrected chi connectivity index (χ0v) is 18.4. The van der Waals surface area contributed by atoms with Crippen LogP contribution in [0.1, 0.15) is 24.8 Å². The molecule has 1 aliphatic rings. The molecule has 4 rings (SSSR count). The van der Waals surface area contributed by atoms with E-state index in [9.17, 15) is 13.2 Å². The summed E-state index contributed by atoms with van der Waals surface area (Å²) in [5.41, 5.74) is 2.01. The lowest BCUT2D eigenvalue weighted by atomic mass is 10.1. The van der Waals surface area contributed by atoms with Crippen LogP contribution in [0.25, 0.3) is 22.1 Å². The normalized spacial score (nSPS) is 13.3. The molecule has 0 atom stereocenters. The van der Waals surface area contributed by atoms with Crippen molar-refractivity contribution < 1.29 is 17.9 Å². The number of amides is 1. The SMILES string of the molecule is CC(C)n1cnnc1-c1nc2c(s1)CCOc1ccc(NC(=O)CS(C)(=O)=O)cc1-2. The lowest BCUT2D eigenvalue weighted by Crippen LogP contribution is -2.21. The highest BCUT2D eigenvalue weighted by atomic mass is 32.2. The molecule has 1 amide bonds. The van der Waals surface area contributed by atoms with Gasteiger partial charge in [-0.3, -0.25) is 4.79 Å². The molecule has 0 aliphatic carbocycles. The van der Waals surface area contributed by atoms with Gasteiger partial charge >= 0.3 is 0 Å². The Labute approximate surface area is 178 Å². The van der Waals surface area contributed by atoms with Gasteiger partial charge in [-0.25, -0.2) is 13.4 Å². The summed E-state index contributed by atoms with van der Waals surface area (Å²) in [4.78, 5) is 17.9. The van der Waals surface area contributed by atoms with Crippen LogP contribution in [0.2, 0.25) is 0 Å². The largest absolute Gasteiger partial charge is 0.493 e. The van der Waals surface area contributed by atoms with Gasteiger partial charge in [-0.15, -0.1) is 21.5 Å². The van der Waals surface area contributed by atoms with Crippen LogP contribution in [0.15, 0.2) is 24.5 Å². The van der Waals surface area contributed by atoms with Crippen LogP contribution >= 0.6 is 11.3 Å². The molecule has 0 spiro atoms. The fraction of sp³-hybridized carbons (Fsp3) is 0.368. The summed E-state index contributed by atoms with van der Waals surface area (Å²) in [5.74, 6) is 0.216. The van der Waals surface area contributed by atoms with Crippen molar-refractivity contribution in [3.63, 3.8) is 0 Å². The number of nitrogens with one attached hydrogen (secondary N) is 1. The molecule has 3 aromatic rings. The maximum absolute atomic E-state index is 12.0. The van der Waals surface area contributed by atoms with Gasteiger partial charge in [0.1, 0.15) is 17.8 Å². The Balaban J connectivity index is 1.71. The Morgan fingerprint density at radius 2 is 2.17 bits per heavy atom. The Morgan fingerprint density at radius 3 is 2.90 bits per heavy atom. The summed E-state index contributed by atoms with van der Waals surface area (Å²) in [6, 6.07) is 5.41. The molecular formula is C19H21N5O4S2. The lowest BCUT2D eigenvalue weighted by Gasteiger charge is -2.10. The van der Waals surface area contributed by atoms with Crippen molar-refractivity contribution in [1.82, 2.24) is 19.7 Å². The van der Waals surface area contributed by atoms with E-state index in [2.05, 4.69) is 29.4 Å². The number of rotatable bonds is 5. The maximum atomic E-state index is 12.0. The number of fused-ring (bicyclic) bond motifs is 3. The van der Waals surface area contributed by atoms with Gasteiger partial charge in [-0.1, -0.05) is 0 Å². The van der Waals surface area contributed by atoms with Crippen LogP contribution in [0.3, 0.4) is 0 Å².